The molecule has 0 aliphatic rings. The number of nitrogens with zero attached hydrogens (tertiary/aromatic N) is 1. The first kappa shape index (κ1) is 20.9. The van der Waals surface area contributed by atoms with Crippen LogP contribution >= 0.6 is 11.3 Å². The van der Waals surface area contributed by atoms with Gasteiger partial charge in [0.15, 0.2) is 0 Å². The quantitative estimate of drug-likeness (QED) is 0.419. The fraction of sp³-hybridized carbons (Fsp3) is 0.238. The van der Waals surface area contributed by atoms with Crippen molar-refractivity contribution >= 4 is 22.9 Å². The lowest BCUT2D eigenvalue weighted by atomic mass is 10.1. The third-order valence-corrected chi connectivity index (χ3v) is 4.97. The molecule has 0 fully saturated rings. The summed E-state index contributed by atoms with van der Waals surface area (Å²) in [6.45, 7) is 2.50. The van der Waals surface area contributed by atoms with Crippen LogP contribution in [-0.2, 0) is 20.9 Å². The fourth-order valence-corrected chi connectivity index (χ4v) is 3.62. The summed E-state index contributed by atoms with van der Waals surface area (Å²) in [5.41, 5.74) is 3.21. The van der Waals surface area contributed by atoms with Gasteiger partial charge in [0.1, 0.15) is 16.6 Å². The van der Waals surface area contributed by atoms with Crippen LogP contribution in [0.15, 0.2) is 41.8 Å². The lowest BCUT2D eigenvalue weighted by molar-refractivity contribution is -0.114. The molecule has 1 amide bonds. The van der Waals surface area contributed by atoms with E-state index in [0.29, 0.717) is 35.7 Å². The van der Waals surface area contributed by atoms with Gasteiger partial charge in [-0.25, -0.2) is 9.37 Å². The Balaban J connectivity index is 1.84. The fourth-order valence-electron chi connectivity index (χ4n) is 2.73. The maximum absolute atomic E-state index is 13.7. The van der Waals surface area contributed by atoms with E-state index in [-0.39, 0.29) is 24.1 Å². The second-order valence-corrected chi connectivity index (χ2v) is 7.16. The summed E-state index contributed by atoms with van der Waals surface area (Å²) in [6, 6.07) is 9.45. The van der Waals surface area contributed by atoms with E-state index in [1.807, 2.05) is 5.38 Å². The maximum atomic E-state index is 13.7. The molecular weight excluding hydrogens is 395 g/mol. The van der Waals surface area contributed by atoms with Gasteiger partial charge in [0, 0.05) is 30.5 Å². The van der Waals surface area contributed by atoms with Crippen LogP contribution in [0.5, 0.6) is 5.75 Å². The number of phenolic OH excluding ortho intramolecular Hbond substituents is 1. The van der Waals surface area contributed by atoms with E-state index >= 15 is 0 Å². The van der Waals surface area contributed by atoms with Gasteiger partial charge in [0.05, 0.1) is 31.2 Å². The van der Waals surface area contributed by atoms with Gasteiger partial charge in [0.2, 0.25) is 5.91 Å². The number of hydrogen-bond donors (Lipinski definition) is 2. The number of carbonyl (C=O) groups excluding carboxylic acids is 1. The number of hydrogen-bond acceptors (Lipinski definition) is 6. The number of aromatic hydroxyl groups is 1. The standard InChI is InChI=1S/C21H21FN2O4S/c1-13(25)23-18-6-3-14(10-20(18)26)19-12-29-21(24-19)17-5-4-16(22)9-15(17)11-28-8-7-27-2/h3-6,9-10,12,26H,7-8,11H2,1-2H3,(H,23,25). The van der Waals surface area contributed by atoms with Crippen molar-refractivity contribution in [2.24, 2.45) is 0 Å². The number of halogens is 1. The zero-order valence-electron chi connectivity index (χ0n) is 16.1. The number of benzene rings is 2. The van der Waals surface area contributed by atoms with Crippen LogP contribution in [0.1, 0.15) is 12.5 Å². The van der Waals surface area contributed by atoms with E-state index in [9.17, 15) is 14.3 Å². The van der Waals surface area contributed by atoms with Crippen LogP contribution in [0.4, 0.5) is 10.1 Å². The lowest BCUT2D eigenvalue weighted by Crippen LogP contribution is -2.05. The number of nitrogens with one attached hydrogen (secondary N) is 1. The number of thiazole rings is 1. The van der Waals surface area contributed by atoms with E-state index in [4.69, 9.17) is 9.47 Å². The summed E-state index contributed by atoms with van der Waals surface area (Å²) in [4.78, 5) is 15.8. The van der Waals surface area contributed by atoms with Crippen LogP contribution in [0.2, 0.25) is 0 Å². The molecule has 152 valence electrons. The zero-order valence-corrected chi connectivity index (χ0v) is 16.9. The Kier molecular flexibility index (Phi) is 6.92. The maximum Gasteiger partial charge on any atom is 0.221 e. The third-order valence-electron chi connectivity index (χ3n) is 4.10. The van der Waals surface area contributed by atoms with Crippen LogP contribution in [0.3, 0.4) is 0 Å². The van der Waals surface area contributed by atoms with E-state index in [0.717, 1.165) is 10.6 Å². The Bertz CT molecular complexity index is 1010. The molecule has 0 bridgehead atoms. The summed E-state index contributed by atoms with van der Waals surface area (Å²) in [6.07, 6.45) is 0. The lowest BCUT2D eigenvalue weighted by Gasteiger charge is -2.09. The molecule has 8 heteroatoms. The van der Waals surface area contributed by atoms with E-state index in [1.165, 1.54) is 30.4 Å². The minimum absolute atomic E-state index is 0.0405. The summed E-state index contributed by atoms with van der Waals surface area (Å²) in [5.74, 6) is -0.642. The molecule has 2 N–H and O–H groups in total. The molecule has 3 aromatic rings. The van der Waals surface area contributed by atoms with Gasteiger partial charge in [-0.3, -0.25) is 4.79 Å². The average Bonchev–Trinajstić information content (AvgIpc) is 3.16. The van der Waals surface area contributed by atoms with Gasteiger partial charge in [0.25, 0.3) is 0 Å². The highest BCUT2D eigenvalue weighted by Crippen LogP contribution is 2.34. The largest absolute Gasteiger partial charge is 0.506 e. The Morgan fingerprint density at radius 1 is 1.24 bits per heavy atom. The Labute approximate surface area is 171 Å². The number of methoxy groups -OCH3 is 1. The highest BCUT2D eigenvalue weighted by Gasteiger charge is 2.13. The van der Waals surface area contributed by atoms with Crippen LogP contribution < -0.4 is 5.32 Å². The summed E-state index contributed by atoms with van der Waals surface area (Å²) in [7, 11) is 1.59. The first-order chi connectivity index (χ1) is 14.0. The molecule has 1 aromatic heterocycles. The minimum Gasteiger partial charge on any atom is -0.506 e. The molecule has 29 heavy (non-hydrogen) atoms. The number of amides is 1. The predicted molar refractivity (Wildman–Crippen MR) is 110 cm³/mol. The molecule has 1 heterocycles. The minimum atomic E-state index is -0.339. The van der Waals surface area contributed by atoms with Crippen molar-refractivity contribution in [3.63, 3.8) is 0 Å². The van der Waals surface area contributed by atoms with E-state index < -0.39 is 0 Å². The first-order valence-electron chi connectivity index (χ1n) is 8.90. The molecule has 0 saturated heterocycles. The number of carbonyl (C=O) groups is 1. The highest BCUT2D eigenvalue weighted by atomic mass is 32.1. The van der Waals surface area contributed by atoms with Crippen molar-refractivity contribution in [2.45, 2.75) is 13.5 Å². The molecule has 3 rings (SSSR count). The summed E-state index contributed by atoms with van der Waals surface area (Å²) >= 11 is 1.42. The van der Waals surface area contributed by atoms with Gasteiger partial charge < -0.3 is 19.9 Å². The highest BCUT2D eigenvalue weighted by molar-refractivity contribution is 7.13. The first-order valence-corrected chi connectivity index (χ1v) is 9.78. The molecule has 0 atom stereocenters. The summed E-state index contributed by atoms with van der Waals surface area (Å²) in [5, 5.41) is 15.3. The van der Waals surface area contributed by atoms with Gasteiger partial charge in [-0.1, -0.05) is 6.07 Å². The van der Waals surface area contributed by atoms with Gasteiger partial charge in [-0.2, -0.15) is 0 Å². The van der Waals surface area contributed by atoms with Gasteiger partial charge >= 0.3 is 0 Å². The normalized spacial score (nSPS) is 10.9. The average molecular weight is 416 g/mol. The predicted octanol–water partition coefficient (Wildman–Crippen LogP) is 4.44. The second-order valence-electron chi connectivity index (χ2n) is 6.30. The molecule has 0 aliphatic heterocycles. The van der Waals surface area contributed by atoms with Crippen molar-refractivity contribution in [3.8, 4) is 27.6 Å². The van der Waals surface area contributed by atoms with E-state index in [2.05, 4.69) is 10.3 Å². The molecule has 0 aliphatic carbocycles. The van der Waals surface area contributed by atoms with Crippen LogP contribution in [-0.4, -0.2) is 36.3 Å². The molecule has 0 saturated carbocycles. The molecule has 2 aromatic carbocycles. The van der Waals surface area contributed by atoms with Gasteiger partial charge in [-0.15, -0.1) is 11.3 Å². The second kappa shape index (κ2) is 9.60. The Hall–Kier alpha value is -2.81. The molecule has 0 unspecified atom stereocenters. The SMILES string of the molecule is COCCOCc1cc(F)ccc1-c1nc(-c2ccc(NC(C)=O)c(O)c2)cs1. The van der Waals surface area contributed by atoms with E-state index in [1.54, 1.807) is 31.4 Å². The van der Waals surface area contributed by atoms with Crippen molar-refractivity contribution in [3.05, 3.63) is 53.2 Å². The van der Waals surface area contributed by atoms with Crippen molar-refractivity contribution in [1.29, 1.82) is 0 Å². The Morgan fingerprint density at radius 2 is 2.07 bits per heavy atom. The number of rotatable bonds is 8. The topological polar surface area (TPSA) is 80.7 Å². The molecule has 6 nitrogen and oxygen atoms in total. The summed E-state index contributed by atoms with van der Waals surface area (Å²) < 4.78 is 24.2. The van der Waals surface area contributed by atoms with Gasteiger partial charge in [-0.05, 0) is 35.9 Å². The van der Waals surface area contributed by atoms with Crippen LogP contribution in [0, 0.1) is 5.82 Å². The number of aromatic nitrogens is 1. The number of phenols is 1. The Morgan fingerprint density at radius 3 is 2.79 bits per heavy atom. The smallest absolute Gasteiger partial charge is 0.221 e. The number of anilines is 1. The monoisotopic (exact) mass is 416 g/mol. The third kappa shape index (κ3) is 5.38. The van der Waals surface area contributed by atoms with Crippen molar-refractivity contribution in [1.82, 2.24) is 4.98 Å². The number of ether oxygens (including phenoxy) is 2. The van der Waals surface area contributed by atoms with Crippen LogP contribution in [0.25, 0.3) is 21.8 Å². The molecule has 0 radical (unpaired) electrons. The van der Waals surface area contributed by atoms with Crippen molar-refractivity contribution < 1.29 is 23.8 Å². The van der Waals surface area contributed by atoms with Crippen molar-refractivity contribution in [2.75, 3.05) is 25.6 Å². The molecular formula is C21H21FN2O4S. The molecule has 0 spiro atoms. The zero-order chi connectivity index (χ0) is 20.8.